The summed E-state index contributed by atoms with van der Waals surface area (Å²) in [5.74, 6) is 0. The minimum Gasteiger partial charge on any atom is -0.198 e. The summed E-state index contributed by atoms with van der Waals surface area (Å²) in [6.07, 6.45) is 0. The van der Waals surface area contributed by atoms with Gasteiger partial charge in [0.05, 0.1) is 6.54 Å². The molecule has 0 aromatic rings. The molecule has 0 atom stereocenters. The van der Waals surface area contributed by atoms with E-state index in [2.05, 4.69) is 10.2 Å². The van der Waals surface area contributed by atoms with Gasteiger partial charge in [-0.2, -0.15) is 10.2 Å². The van der Waals surface area contributed by atoms with E-state index in [0.717, 1.165) is 6.54 Å². The Kier molecular flexibility index (Phi) is 3.31. The van der Waals surface area contributed by atoms with Crippen LogP contribution in [0.25, 0.3) is 0 Å². The Labute approximate surface area is 31.9 Å². The van der Waals surface area contributed by atoms with Gasteiger partial charge >= 0.3 is 0 Å². The summed E-state index contributed by atoms with van der Waals surface area (Å²) in [6, 6.07) is 0. The van der Waals surface area contributed by atoms with Gasteiger partial charge in [0.15, 0.2) is 0 Å². The van der Waals surface area contributed by atoms with Crippen LogP contribution in [-0.2, 0) is 0 Å². The van der Waals surface area contributed by atoms with E-state index in [9.17, 15) is 0 Å². The normalized spacial score (nSPS) is 10.0. The van der Waals surface area contributed by atoms with Crippen LogP contribution in [0.2, 0.25) is 0 Å². The maximum absolute atomic E-state index is 3.60. The summed E-state index contributed by atoms with van der Waals surface area (Å²) in [5, 5.41) is 7.08. The third-order valence-electron chi connectivity index (χ3n) is 0.283. The summed E-state index contributed by atoms with van der Waals surface area (Å²) in [5.41, 5.74) is 0. The molecule has 2 nitrogen and oxygen atoms in total. The zero-order chi connectivity index (χ0) is 4.12. The standard InChI is InChI=1S/C3H8N2/c1-3-5-4-2/h3H2,1-2H3. The Hall–Kier alpha value is -0.400. The smallest absolute Gasteiger partial charge is 0.0570 e. The number of nitrogens with zero attached hydrogens (tertiary/aromatic N) is 2. The highest BCUT2D eigenvalue weighted by Crippen LogP contribution is 1.62. The summed E-state index contributed by atoms with van der Waals surface area (Å²) >= 11 is 0. The zero-order valence-electron chi connectivity index (χ0n) is 3.60. The van der Waals surface area contributed by atoms with E-state index in [1.807, 2.05) is 6.92 Å². The fraction of sp³-hybridized carbons (Fsp3) is 1.00. The van der Waals surface area contributed by atoms with Crippen LogP contribution in [0.15, 0.2) is 10.2 Å². The average molecular weight is 72.1 g/mol. The first kappa shape index (κ1) is 4.60. The third kappa shape index (κ3) is 3.60. The molecule has 0 bridgehead atoms. The number of azo groups is 1. The van der Waals surface area contributed by atoms with Crippen molar-refractivity contribution < 1.29 is 0 Å². The summed E-state index contributed by atoms with van der Waals surface area (Å²) in [6.45, 7) is 2.75. The maximum Gasteiger partial charge on any atom is 0.0570 e. The zero-order valence-corrected chi connectivity index (χ0v) is 3.60. The lowest BCUT2D eigenvalue weighted by molar-refractivity contribution is 0.976. The van der Waals surface area contributed by atoms with Crippen LogP contribution >= 0.6 is 0 Å². The van der Waals surface area contributed by atoms with Crippen molar-refractivity contribution in [1.82, 2.24) is 0 Å². The van der Waals surface area contributed by atoms with Crippen LogP contribution in [0.3, 0.4) is 0 Å². The van der Waals surface area contributed by atoms with Crippen molar-refractivity contribution >= 4 is 0 Å². The van der Waals surface area contributed by atoms with Crippen LogP contribution in [0.4, 0.5) is 0 Å². The molecular formula is C3H8N2. The maximum atomic E-state index is 3.60. The van der Waals surface area contributed by atoms with Crippen LogP contribution in [0.5, 0.6) is 0 Å². The molecule has 0 saturated carbocycles. The summed E-state index contributed by atoms with van der Waals surface area (Å²) < 4.78 is 0. The second-order valence-corrected chi connectivity index (χ2v) is 0.658. The highest BCUT2D eigenvalue weighted by atomic mass is 15.1. The minimum atomic E-state index is 0.802. The molecule has 0 aliphatic heterocycles. The van der Waals surface area contributed by atoms with Gasteiger partial charge in [-0.05, 0) is 6.92 Å². The first-order valence-electron chi connectivity index (χ1n) is 1.67. The summed E-state index contributed by atoms with van der Waals surface area (Å²) in [4.78, 5) is 0. The van der Waals surface area contributed by atoms with Crippen LogP contribution < -0.4 is 0 Å². The van der Waals surface area contributed by atoms with E-state index < -0.39 is 0 Å². The van der Waals surface area contributed by atoms with Crippen molar-refractivity contribution in [1.29, 1.82) is 0 Å². The molecule has 5 heavy (non-hydrogen) atoms. The molecule has 0 amide bonds. The van der Waals surface area contributed by atoms with E-state index in [0.29, 0.717) is 0 Å². The van der Waals surface area contributed by atoms with Crippen molar-refractivity contribution in [3.63, 3.8) is 0 Å². The second-order valence-electron chi connectivity index (χ2n) is 0.658. The fourth-order valence-electron chi connectivity index (χ4n) is 0.141. The van der Waals surface area contributed by atoms with Crippen molar-refractivity contribution in [2.45, 2.75) is 6.92 Å². The van der Waals surface area contributed by atoms with Gasteiger partial charge < -0.3 is 0 Å². The van der Waals surface area contributed by atoms with Crippen molar-refractivity contribution in [3.8, 4) is 0 Å². The molecule has 30 valence electrons. The average Bonchev–Trinajstić information content (AvgIpc) is 1.41. The highest BCUT2D eigenvalue weighted by Gasteiger charge is 1.52. The van der Waals surface area contributed by atoms with Gasteiger partial charge in [-0.1, -0.05) is 0 Å². The molecule has 0 rings (SSSR count). The van der Waals surface area contributed by atoms with E-state index in [1.54, 1.807) is 7.05 Å². The van der Waals surface area contributed by atoms with Gasteiger partial charge in [-0.25, -0.2) is 0 Å². The molecule has 0 aliphatic rings. The third-order valence-corrected chi connectivity index (χ3v) is 0.283. The molecule has 0 aliphatic carbocycles. The van der Waals surface area contributed by atoms with Crippen LogP contribution in [0.1, 0.15) is 6.92 Å². The number of hydrogen-bond acceptors (Lipinski definition) is 2. The molecule has 0 heterocycles. The molecule has 0 saturated heterocycles. The molecule has 0 fully saturated rings. The molecule has 0 N–H and O–H groups in total. The Morgan fingerprint density at radius 2 is 2.20 bits per heavy atom. The molecule has 2 heteroatoms. The predicted molar refractivity (Wildman–Crippen MR) is 21.3 cm³/mol. The molecule has 0 spiro atoms. The van der Waals surface area contributed by atoms with Crippen molar-refractivity contribution in [3.05, 3.63) is 0 Å². The predicted octanol–water partition coefficient (Wildman–Crippen LogP) is 1.09. The molecule has 0 aromatic carbocycles. The van der Waals surface area contributed by atoms with Gasteiger partial charge in [0.1, 0.15) is 0 Å². The Bertz CT molecular complexity index is 31.9. The summed E-state index contributed by atoms with van der Waals surface area (Å²) in [7, 11) is 1.67. The van der Waals surface area contributed by atoms with Crippen molar-refractivity contribution in [2.75, 3.05) is 13.6 Å². The topological polar surface area (TPSA) is 24.7 Å². The SMILES string of the molecule is CCN=NC. The lowest BCUT2D eigenvalue weighted by atomic mass is 10.8. The van der Waals surface area contributed by atoms with E-state index in [1.165, 1.54) is 0 Å². The Morgan fingerprint density at radius 3 is 2.20 bits per heavy atom. The quantitative estimate of drug-likeness (QED) is 0.414. The van der Waals surface area contributed by atoms with Gasteiger partial charge in [-0.15, -0.1) is 0 Å². The van der Waals surface area contributed by atoms with E-state index in [4.69, 9.17) is 0 Å². The molecular weight excluding hydrogens is 64.0 g/mol. The van der Waals surface area contributed by atoms with Crippen LogP contribution in [-0.4, -0.2) is 13.6 Å². The van der Waals surface area contributed by atoms with Crippen LogP contribution in [0, 0.1) is 0 Å². The molecule has 0 unspecified atom stereocenters. The lowest BCUT2D eigenvalue weighted by Crippen LogP contribution is -1.57. The molecule has 0 radical (unpaired) electrons. The van der Waals surface area contributed by atoms with Gasteiger partial charge in [0.2, 0.25) is 0 Å². The Morgan fingerprint density at radius 1 is 1.60 bits per heavy atom. The minimum absolute atomic E-state index is 0.802. The monoisotopic (exact) mass is 72.1 g/mol. The first-order chi connectivity index (χ1) is 2.41. The van der Waals surface area contributed by atoms with Crippen molar-refractivity contribution in [2.24, 2.45) is 10.2 Å². The van der Waals surface area contributed by atoms with Gasteiger partial charge in [-0.3, -0.25) is 0 Å². The Balaban J connectivity index is 2.62. The van der Waals surface area contributed by atoms with E-state index in [-0.39, 0.29) is 0 Å². The lowest BCUT2D eigenvalue weighted by Gasteiger charge is -1.66. The van der Waals surface area contributed by atoms with E-state index >= 15 is 0 Å². The largest absolute Gasteiger partial charge is 0.198 e. The number of hydrogen-bond donors (Lipinski definition) is 0. The van der Waals surface area contributed by atoms with Gasteiger partial charge in [0, 0.05) is 7.05 Å². The highest BCUT2D eigenvalue weighted by molar-refractivity contribution is 4.16. The first-order valence-corrected chi connectivity index (χ1v) is 1.67. The fourth-order valence-corrected chi connectivity index (χ4v) is 0.141. The van der Waals surface area contributed by atoms with Gasteiger partial charge in [0.25, 0.3) is 0 Å². The number of rotatable bonds is 1. The molecule has 0 aromatic heterocycles. The second kappa shape index (κ2) is 3.60.